The summed E-state index contributed by atoms with van der Waals surface area (Å²) < 4.78 is 137. The minimum atomic E-state index is -5.08. The zero-order chi connectivity index (χ0) is 96.7. The van der Waals surface area contributed by atoms with Crippen molar-refractivity contribution in [2.45, 2.75) is 139 Å². The van der Waals surface area contributed by atoms with Crippen LogP contribution in [0.4, 0.5) is 43.9 Å². The van der Waals surface area contributed by atoms with Crippen LogP contribution in [0.25, 0.3) is 22.3 Å². The van der Waals surface area contributed by atoms with Gasteiger partial charge >= 0.3 is 48.2 Å². The molecule has 0 aliphatic heterocycles. The highest BCUT2D eigenvalue weighted by molar-refractivity contribution is 8.00. The van der Waals surface area contributed by atoms with Crippen molar-refractivity contribution >= 4 is 94.8 Å². The van der Waals surface area contributed by atoms with E-state index in [1.165, 1.54) is 9.80 Å². The van der Waals surface area contributed by atoms with Gasteiger partial charge in [-0.3, -0.25) is 47.9 Å². The monoisotopic (exact) mass is 1860 g/mol. The summed E-state index contributed by atoms with van der Waals surface area (Å²) in [7, 11) is 0. The molecule has 2 unspecified atom stereocenters. The third-order valence-corrected chi connectivity index (χ3v) is 20.7. The number of carboxylic acids is 6. The van der Waals surface area contributed by atoms with E-state index in [0.29, 0.717) is 35.6 Å². The molecule has 2 heterocycles. The number of thioether (sulfide) groups is 2. The Morgan fingerprint density at radius 1 is 0.445 bits per heavy atom. The van der Waals surface area contributed by atoms with Crippen molar-refractivity contribution in [3.8, 4) is 22.3 Å². The SMILES string of the molecule is CC(C)(C)[C@H](c1cc(-c2cc(F)ccc2F)cn1Cc1ccccc1)N(CC[C@H](N)C(=O)NCCOCCNC(=O)C(CC(=O)O)SC[C@H](N)C(=O)O)C(=O)CO.CC(C)(C)[C@H](c1cc(-c2cc(F)ccc2F)cn1Cc1ccccc1)N(CC[C@H](N)C(=O)NCCOCCNC(=O)CC(SC[C@H](N)C(=O)O)C(=O)O)C(=O)CO.O=C(O)C(F)(F)F.O=C(O)C(F)(F)F. The summed E-state index contributed by atoms with van der Waals surface area (Å²) in [5.41, 5.74) is 25.9. The number of aromatic nitrogens is 2. The standard InChI is InChI=1S/2C39H52F2N6O9S.2C2HF3O2/c1-39(2,3)35(31-17-25(27-18-26(40)9-10-28(27)41)21-46(31)20-24-7-5-4-6-8-24)47(33(49)22-48)14-11-29(42)36(52)44-12-15-56-16-13-45-37(53)32(19-34(50)51)57-23-30(43)38(54)55;1-39(2,3)35(31-17-25(27-18-26(40)9-10-28(27)41)21-46(31)20-24-7-5-4-6-8-24)47(34(50)22-48)14-11-29(42)36(51)45-13-16-56-15-12-44-33(49)19-32(38(54)55)57-23-30(43)37(52)53;2*3-2(4,5)1(6)7/h4-10,17-18,21,29-30,32,35,48H,11-16,19-20,22-23,42-43H2,1-3H3,(H,44,52)(H,45,53)(H,50,51)(H,54,55);4-10,17-18,21,29-30,32,35,48H,11-16,19-20,22-23,42-43H2,1-3H3,(H,44,49)(H,45,51)(H,52,53)(H,54,55);2*(H,6,7)/t2*29-,30-,32?,35-;;/m00../s1. The lowest BCUT2D eigenvalue weighted by molar-refractivity contribution is -0.193. The first kappa shape index (κ1) is 111. The van der Waals surface area contributed by atoms with Crippen LogP contribution < -0.4 is 44.2 Å². The number of aliphatic carboxylic acids is 6. The van der Waals surface area contributed by atoms with E-state index in [9.17, 15) is 98.4 Å². The second-order valence-electron chi connectivity index (χ2n) is 30.3. The number of ether oxygens (including phenoxy) is 2. The minimum Gasteiger partial charge on any atom is -0.481 e. The number of carbonyl (C=O) groups is 12. The van der Waals surface area contributed by atoms with Crippen LogP contribution in [0.15, 0.2) is 122 Å². The fraction of sp³-hybridized carbons (Fsp3) is 0.463. The number of hydrogen-bond donors (Lipinski definition) is 16. The Morgan fingerprint density at radius 3 is 1.09 bits per heavy atom. The number of nitrogens with two attached hydrogens (primary N) is 4. The molecule has 0 saturated carbocycles. The van der Waals surface area contributed by atoms with E-state index < -0.39 is 191 Å². The molecule has 8 atom stereocenters. The predicted molar refractivity (Wildman–Crippen MR) is 447 cm³/mol. The van der Waals surface area contributed by atoms with E-state index >= 15 is 8.78 Å². The molecular formula is C82H106F10N12O22S2. The van der Waals surface area contributed by atoms with E-state index in [2.05, 4.69) is 21.3 Å². The van der Waals surface area contributed by atoms with Gasteiger partial charge in [-0.2, -0.15) is 26.3 Å². The van der Waals surface area contributed by atoms with Crippen molar-refractivity contribution in [3.05, 3.63) is 167 Å². The second kappa shape index (κ2) is 53.5. The van der Waals surface area contributed by atoms with Gasteiger partial charge in [0.05, 0.1) is 62.3 Å². The number of carboxylic acid groups (broad SMARTS) is 6. The third kappa shape index (κ3) is 39.2. The number of carbonyl (C=O) groups excluding carboxylic acids is 6. The Morgan fingerprint density at radius 2 is 0.781 bits per heavy atom. The van der Waals surface area contributed by atoms with Crippen LogP contribution in [0.3, 0.4) is 0 Å². The van der Waals surface area contributed by atoms with Gasteiger partial charge in [0, 0.05) is 116 Å². The molecule has 6 amide bonds. The van der Waals surface area contributed by atoms with Crippen molar-refractivity contribution in [3.63, 3.8) is 0 Å². The first-order valence-electron chi connectivity index (χ1n) is 38.9. The van der Waals surface area contributed by atoms with Gasteiger partial charge in [0.2, 0.25) is 35.4 Å². The molecule has 2 aromatic heterocycles. The molecule has 46 heteroatoms. The summed E-state index contributed by atoms with van der Waals surface area (Å²) in [6, 6.07) is 22.7. The smallest absolute Gasteiger partial charge is 0.481 e. The maximum absolute atomic E-state index is 15.0. The molecular weight excluding hydrogens is 1760 g/mol. The molecule has 6 rings (SSSR count). The van der Waals surface area contributed by atoms with Gasteiger partial charge in [-0.1, -0.05) is 102 Å². The molecule has 20 N–H and O–H groups in total. The fourth-order valence-electron chi connectivity index (χ4n) is 12.0. The van der Waals surface area contributed by atoms with Gasteiger partial charge in [0.25, 0.3) is 0 Å². The van der Waals surface area contributed by atoms with Gasteiger partial charge in [0.15, 0.2) is 0 Å². The summed E-state index contributed by atoms with van der Waals surface area (Å²) in [4.78, 5) is 142. The Hall–Kier alpha value is -11.2. The van der Waals surface area contributed by atoms with Crippen LogP contribution >= 0.6 is 23.5 Å². The van der Waals surface area contributed by atoms with Gasteiger partial charge < -0.3 is 113 Å². The van der Waals surface area contributed by atoms with Crippen molar-refractivity contribution in [1.82, 2.24) is 40.2 Å². The number of benzene rings is 4. The van der Waals surface area contributed by atoms with Crippen LogP contribution in [0.2, 0.25) is 0 Å². The van der Waals surface area contributed by atoms with Crippen LogP contribution in [-0.4, -0.2) is 268 Å². The Balaban J connectivity index is 0.000000572. The van der Waals surface area contributed by atoms with Crippen molar-refractivity contribution in [2.75, 3.05) is 90.4 Å². The normalized spacial score (nSPS) is 13.4. The van der Waals surface area contributed by atoms with Crippen molar-refractivity contribution < 1.29 is 152 Å². The van der Waals surface area contributed by atoms with Crippen LogP contribution in [0.5, 0.6) is 0 Å². The number of nitrogens with one attached hydrogen (secondary N) is 4. The van der Waals surface area contributed by atoms with E-state index in [4.69, 9.17) is 67.5 Å². The van der Waals surface area contributed by atoms with Crippen LogP contribution in [-0.2, 0) is 80.1 Å². The lowest BCUT2D eigenvalue weighted by Crippen LogP contribution is -2.48. The van der Waals surface area contributed by atoms with Gasteiger partial charge in [0.1, 0.15) is 53.8 Å². The molecule has 34 nitrogen and oxygen atoms in total. The molecule has 4 aromatic carbocycles. The molecule has 0 saturated heterocycles. The average Bonchev–Trinajstić information content (AvgIpc) is 1.63. The number of alkyl halides is 6. The summed E-state index contributed by atoms with van der Waals surface area (Å²) in [6.45, 7) is 10.8. The number of rotatable bonds is 46. The number of nitrogens with zero attached hydrogens (tertiary/aromatic N) is 4. The van der Waals surface area contributed by atoms with Gasteiger partial charge in [-0.15, -0.1) is 23.5 Å². The highest BCUT2D eigenvalue weighted by Gasteiger charge is 2.42. The third-order valence-electron chi connectivity index (χ3n) is 18.1. The lowest BCUT2D eigenvalue weighted by Gasteiger charge is -2.41. The number of aliphatic hydroxyl groups excluding tert-OH is 2. The maximum Gasteiger partial charge on any atom is 0.490 e. The van der Waals surface area contributed by atoms with Crippen molar-refractivity contribution in [2.24, 2.45) is 33.8 Å². The van der Waals surface area contributed by atoms with Crippen molar-refractivity contribution in [1.29, 1.82) is 0 Å². The molecule has 6 aromatic rings. The first-order valence-corrected chi connectivity index (χ1v) is 41.0. The van der Waals surface area contributed by atoms with Gasteiger partial charge in [-0.05, 0) is 83.3 Å². The van der Waals surface area contributed by atoms with Gasteiger partial charge in [-0.25, -0.2) is 27.2 Å². The fourth-order valence-corrected chi connectivity index (χ4v) is 14.1. The second-order valence-corrected chi connectivity index (χ2v) is 32.8. The maximum atomic E-state index is 15.0. The molecule has 128 heavy (non-hydrogen) atoms. The number of amides is 6. The molecule has 708 valence electrons. The largest absolute Gasteiger partial charge is 0.490 e. The van der Waals surface area contributed by atoms with E-state index in [1.807, 2.05) is 111 Å². The van der Waals surface area contributed by atoms with E-state index in [0.717, 1.165) is 71.0 Å². The molecule has 0 radical (unpaired) electrons. The summed E-state index contributed by atoms with van der Waals surface area (Å²) >= 11 is 1.58. The Bertz CT molecular complexity index is 4620. The minimum absolute atomic E-state index is 0.00864. The van der Waals surface area contributed by atoms with Crippen LogP contribution in [0, 0.1) is 34.1 Å². The predicted octanol–water partition coefficient (Wildman–Crippen LogP) is 5.96. The van der Waals surface area contributed by atoms with E-state index in [-0.39, 0.29) is 101 Å². The topological polar surface area (TPSA) is 554 Å². The molecule has 0 bridgehead atoms. The molecule has 0 aliphatic carbocycles. The van der Waals surface area contributed by atoms with Crippen LogP contribution in [0.1, 0.15) is 102 Å². The Labute approximate surface area is 736 Å². The quantitative estimate of drug-likeness (QED) is 0.0155. The number of aliphatic hydroxyl groups is 2. The summed E-state index contributed by atoms with van der Waals surface area (Å²) in [5, 5.41) is 78.8. The molecule has 0 spiro atoms. The molecule has 0 aliphatic rings. The summed E-state index contributed by atoms with van der Waals surface area (Å²) in [5.74, 6) is -16.9. The average molecular weight is 1870 g/mol. The first-order chi connectivity index (χ1) is 59.7. The van der Waals surface area contributed by atoms with E-state index in [1.54, 1.807) is 24.5 Å². The number of halogens is 10. The number of hydrogen-bond acceptors (Lipinski definition) is 22. The highest BCUT2D eigenvalue weighted by atomic mass is 32.2. The lowest BCUT2D eigenvalue weighted by atomic mass is 9.82. The highest BCUT2D eigenvalue weighted by Crippen LogP contribution is 2.44. The molecule has 0 fully saturated rings. The zero-order valence-corrected chi connectivity index (χ0v) is 71.9. The zero-order valence-electron chi connectivity index (χ0n) is 70.3. The Kier molecular flexibility index (Phi) is 46.4. The summed E-state index contributed by atoms with van der Waals surface area (Å²) in [6.07, 6.45) is -7.66.